The van der Waals surface area contributed by atoms with Crippen molar-refractivity contribution in [2.45, 2.75) is 92.2 Å². The zero-order chi connectivity index (χ0) is 65.0. The molecule has 2 saturated carbocycles. The second-order valence-electron chi connectivity index (χ2n) is 31.6. The van der Waals surface area contributed by atoms with Gasteiger partial charge in [-0.1, -0.05) is 296 Å². The van der Waals surface area contributed by atoms with Gasteiger partial charge in [-0.25, -0.2) is 0 Å². The fourth-order valence-electron chi connectivity index (χ4n) is 19.5. The third kappa shape index (κ3) is 9.51. The van der Waals surface area contributed by atoms with Gasteiger partial charge in [0.15, 0.2) is 0 Å². The van der Waals surface area contributed by atoms with Gasteiger partial charge in [0.1, 0.15) is 0 Å². The molecule has 4 bridgehead atoms. The van der Waals surface area contributed by atoms with Crippen LogP contribution in [0, 0.1) is 40.4 Å². The predicted octanol–water partition coefficient (Wildman–Crippen LogP) is 22.3. The van der Waals surface area contributed by atoms with Gasteiger partial charge in [0.25, 0.3) is 6.71 Å². The van der Waals surface area contributed by atoms with Crippen molar-refractivity contribution in [2.75, 3.05) is 14.7 Å². The van der Waals surface area contributed by atoms with Crippen LogP contribution in [0.3, 0.4) is 0 Å². The van der Waals surface area contributed by atoms with Crippen LogP contribution in [0.2, 0.25) is 0 Å². The number of para-hydroxylation sites is 2. The molecule has 3 atom stereocenters. The monoisotopic (exact) mass is 1250 g/mol. The zero-order valence-electron chi connectivity index (χ0n) is 56.7. The van der Waals surface area contributed by atoms with Crippen LogP contribution >= 0.6 is 0 Å². The van der Waals surface area contributed by atoms with E-state index in [2.05, 4.69) is 329 Å². The second kappa shape index (κ2) is 22.3. The van der Waals surface area contributed by atoms with Crippen molar-refractivity contribution < 1.29 is 0 Å². The number of piperidine rings is 2. The van der Waals surface area contributed by atoms with Crippen LogP contribution in [0.15, 0.2) is 301 Å². The molecular weight excluding hydrogens is 1170 g/mol. The minimum Gasteiger partial charge on any atom is -0.365 e. The molecule has 97 heavy (non-hydrogen) atoms. The molecule has 0 N–H and O–H groups in total. The lowest BCUT2D eigenvalue weighted by Gasteiger charge is -2.58. The average Bonchev–Trinajstić information content (AvgIpc) is 0.692. The number of hydrogen-bond acceptors (Lipinski definition) is 3. The van der Waals surface area contributed by atoms with E-state index >= 15 is 0 Å². The van der Waals surface area contributed by atoms with Crippen LogP contribution < -0.4 is 31.1 Å². The van der Waals surface area contributed by atoms with Crippen LogP contribution in [0.25, 0.3) is 61.2 Å². The fraction of sp³-hybridized carbons (Fsp3) is 0.226. The second-order valence-corrected chi connectivity index (χ2v) is 31.6. The molecular formula is C93H82BN3. The van der Waals surface area contributed by atoms with Gasteiger partial charge in [-0.2, -0.15) is 0 Å². The number of fused-ring (bicyclic) bond motifs is 4. The van der Waals surface area contributed by atoms with Gasteiger partial charge in [0.2, 0.25) is 0 Å². The summed E-state index contributed by atoms with van der Waals surface area (Å²) in [7, 11) is 0. The molecule has 10 aromatic rings. The first-order chi connectivity index (χ1) is 47.3. The van der Waals surface area contributed by atoms with Gasteiger partial charge < -0.3 is 14.7 Å². The summed E-state index contributed by atoms with van der Waals surface area (Å²) in [6.45, 7) is 14.3. The fourth-order valence-corrected chi connectivity index (χ4v) is 19.5. The van der Waals surface area contributed by atoms with Gasteiger partial charge in [0, 0.05) is 74.6 Å². The minimum atomic E-state index is -0.152. The van der Waals surface area contributed by atoms with E-state index < -0.39 is 0 Å². The summed E-state index contributed by atoms with van der Waals surface area (Å²) in [6, 6.07) is 91.9. The topological polar surface area (TPSA) is 9.72 Å². The summed E-state index contributed by atoms with van der Waals surface area (Å²) >= 11 is 0. The highest BCUT2D eigenvalue weighted by Gasteiger charge is 2.51. The summed E-state index contributed by atoms with van der Waals surface area (Å²) in [5.74, 6) is 2.64. The van der Waals surface area contributed by atoms with Crippen molar-refractivity contribution in [3.8, 4) is 55.6 Å². The molecule has 10 aliphatic rings. The van der Waals surface area contributed by atoms with Crippen LogP contribution in [-0.4, -0.2) is 18.8 Å². The van der Waals surface area contributed by atoms with Gasteiger partial charge in [-0.05, 0) is 175 Å². The minimum absolute atomic E-state index is 0.00817. The Balaban J connectivity index is 0.963. The lowest BCUT2D eigenvalue weighted by atomic mass is 9.33. The number of rotatable bonds is 9. The lowest BCUT2D eigenvalue weighted by Crippen LogP contribution is -2.62. The van der Waals surface area contributed by atoms with Crippen LogP contribution in [0.4, 0.5) is 39.8 Å². The highest BCUT2D eigenvalue weighted by molar-refractivity contribution is 7.00. The third-order valence-corrected chi connectivity index (χ3v) is 23.8. The molecule has 3 unspecified atom stereocenters. The van der Waals surface area contributed by atoms with Crippen LogP contribution in [-0.2, 0) is 0 Å². The number of anilines is 7. The molecule has 4 aliphatic heterocycles. The van der Waals surface area contributed by atoms with Crippen molar-refractivity contribution in [3.05, 3.63) is 306 Å². The Labute approximate surface area is 574 Å². The Hall–Kier alpha value is -9.90. The van der Waals surface area contributed by atoms with Crippen LogP contribution in [0.5, 0.6) is 0 Å². The Kier molecular flexibility index (Phi) is 13.5. The van der Waals surface area contributed by atoms with E-state index in [9.17, 15) is 0 Å². The quantitative estimate of drug-likeness (QED) is 0.133. The van der Waals surface area contributed by atoms with Crippen molar-refractivity contribution in [2.24, 2.45) is 40.4 Å². The molecule has 472 valence electrons. The van der Waals surface area contributed by atoms with E-state index in [4.69, 9.17) is 0 Å². The summed E-state index contributed by atoms with van der Waals surface area (Å²) in [4.78, 5) is 8.54. The maximum atomic E-state index is 2.97. The van der Waals surface area contributed by atoms with Gasteiger partial charge in [-0.3, -0.25) is 0 Å². The van der Waals surface area contributed by atoms with Crippen molar-refractivity contribution >= 4 is 68.5 Å². The molecule has 0 radical (unpaired) electrons. The Morgan fingerprint density at radius 1 is 0.392 bits per heavy atom. The molecule has 3 nitrogen and oxygen atoms in total. The maximum absolute atomic E-state index is 2.97. The largest absolute Gasteiger partial charge is 0.365 e. The van der Waals surface area contributed by atoms with E-state index in [1.54, 1.807) is 0 Å². The number of allylic oxidation sites excluding steroid dienone is 12. The SMILES string of the molecule is CC(C)(C)C1=CC2=CC(c3ccc4c(c3)N(c3c(-c5ccccc5)cccc3-c3ccccc3)c3cc(N5C6CC7CC(C6)CC5C7)cc5c3B4c3cc(-c4ccccc4)ccc3N5c3c(-c4ccccc4)cccc3-c3ccccc3)=C3C=C(C(C)(C)C)CC4C=CC(=C1)C2C34. The van der Waals surface area contributed by atoms with E-state index in [0.717, 1.165) is 18.3 Å². The highest BCUT2D eigenvalue weighted by Crippen LogP contribution is 2.60. The molecule has 4 heterocycles. The average molecular weight is 1250 g/mol. The summed E-state index contributed by atoms with van der Waals surface area (Å²) in [5, 5.41) is 0. The predicted molar refractivity (Wildman–Crippen MR) is 410 cm³/mol. The molecule has 2 saturated heterocycles. The number of nitrogens with zero attached hydrogens (tertiary/aromatic N) is 3. The molecule has 0 spiro atoms. The first-order valence-electron chi connectivity index (χ1n) is 36.0. The van der Waals surface area contributed by atoms with Gasteiger partial charge in [0.05, 0.1) is 11.4 Å². The summed E-state index contributed by atoms with van der Waals surface area (Å²) in [5.41, 5.74) is 34.7. The first kappa shape index (κ1) is 58.5. The Morgan fingerprint density at radius 3 is 1.41 bits per heavy atom. The summed E-state index contributed by atoms with van der Waals surface area (Å²) < 4.78 is 0. The van der Waals surface area contributed by atoms with Crippen molar-refractivity contribution in [3.63, 3.8) is 0 Å². The molecule has 10 aromatic carbocycles. The molecule has 6 aliphatic carbocycles. The van der Waals surface area contributed by atoms with Gasteiger partial charge >= 0.3 is 0 Å². The van der Waals surface area contributed by atoms with Crippen molar-refractivity contribution in [1.29, 1.82) is 0 Å². The molecule has 0 amide bonds. The van der Waals surface area contributed by atoms with E-state index in [1.807, 2.05) is 0 Å². The van der Waals surface area contributed by atoms with Gasteiger partial charge in [-0.15, -0.1) is 0 Å². The van der Waals surface area contributed by atoms with E-state index in [-0.39, 0.29) is 17.5 Å². The number of benzene rings is 10. The van der Waals surface area contributed by atoms with E-state index in [1.165, 1.54) is 183 Å². The van der Waals surface area contributed by atoms with Crippen molar-refractivity contribution in [1.82, 2.24) is 0 Å². The Morgan fingerprint density at radius 2 is 0.897 bits per heavy atom. The zero-order valence-corrected chi connectivity index (χ0v) is 56.7. The lowest BCUT2D eigenvalue weighted by molar-refractivity contribution is 0.0900. The smallest absolute Gasteiger partial charge is 0.252 e. The van der Waals surface area contributed by atoms with Crippen LogP contribution in [0.1, 0.15) is 85.6 Å². The number of hydrogen-bond donors (Lipinski definition) is 0. The highest BCUT2D eigenvalue weighted by atomic mass is 15.2. The Bertz CT molecular complexity index is 4910. The normalized spacial score (nSPS) is 22.3. The molecule has 20 rings (SSSR count). The van der Waals surface area contributed by atoms with E-state index in [0.29, 0.717) is 29.8 Å². The first-order valence-corrected chi connectivity index (χ1v) is 36.0. The molecule has 4 heteroatoms. The molecule has 4 fully saturated rings. The third-order valence-electron chi connectivity index (χ3n) is 23.8. The standard InChI is InChI=1S/C93H82BN3/c1-92(2,3)70-49-67-38-39-68-50-71(93(4,5)6)55-80-79(52-69(51-70)87(67)88(68)80)66-40-42-81-84(54-66)97(91-77(63-30-18-10-19-31-63)36-23-37-78(91)64-32-20-11-21-33-64)86-57-74(95-72-45-58-44-59(47-72)48-73(95)46-58)56-85-89(86)94(81)82-53-65(60-24-12-7-13-25-60)41-43-83(82)96(85)90-75(61-26-14-8-15-27-61)34-22-35-76(90)62-28-16-9-17-29-62/h7-43,49,51-59,68,72-73,87-88H,44-48,50H2,1-6H3. The molecule has 0 aromatic heterocycles. The maximum Gasteiger partial charge on any atom is 0.252 e. The summed E-state index contributed by atoms with van der Waals surface area (Å²) in [6.07, 6.45) is 23.1.